The maximum Gasteiger partial charge on any atom is 0.189 e. The molecular weight excluding hydrogens is 250 g/mol. The molecule has 0 aliphatic carbocycles. The van der Waals surface area contributed by atoms with Crippen molar-refractivity contribution >= 4 is 5.84 Å². The average molecular weight is 267 g/mol. The number of aliphatic hydroxyl groups is 1. The van der Waals surface area contributed by atoms with Crippen molar-refractivity contribution in [3.05, 3.63) is 66.0 Å². The van der Waals surface area contributed by atoms with Crippen LogP contribution in [0.15, 0.2) is 59.7 Å². The van der Waals surface area contributed by atoms with Gasteiger partial charge in [-0.1, -0.05) is 36.4 Å². The Morgan fingerprint density at radius 3 is 2.45 bits per heavy atom. The molecule has 2 aromatic rings. The molecule has 1 aliphatic rings. The van der Waals surface area contributed by atoms with E-state index >= 15 is 0 Å². The van der Waals surface area contributed by atoms with Crippen LogP contribution in [0.25, 0.3) is 0 Å². The first-order valence-corrected chi connectivity index (χ1v) is 6.68. The summed E-state index contributed by atoms with van der Waals surface area (Å²) in [5.41, 5.74) is 0.0817. The fourth-order valence-electron chi connectivity index (χ4n) is 2.57. The fraction of sp³-hybridized carbons (Fsp3) is 0.250. The maximum absolute atomic E-state index is 11.4. The zero-order chi connectivity index (χ0) is 14.0. The van der Waals surface area contributed by atoms with Crippen LogP contribution in [0.1, 0.15) is 11.3 Å². The number of pyridine rings is 1. The summed E-state index contributed by atoms with van der Waals surface area (Å²) >= 11 is 0. The molecule has 1 aromatic heterocycles. The van der Waals surface area contributed by atoms with Gasteiger partial charge in [0.1, 0.15) is 5.84 Å². The van der Waals surface area contributed by atoms with Crippen LogP contribution in [0.4, 0.5) is 0 Å². The van der Waals surface area contributed by atoms with Crippen LogP contribution in [0, 0.1) is 0 Å². The lowest BCUT2D eigenvalue weighted by Gasteiger charge is -2.32. The molecule has 0 spiro atoms. The fourth-order valence-corrected chi connectivity index (χ4v) is 2.57. The van der Waals surface area contributed by atoms with Gasteiger partial charge >= 0.3 is 0 Å². The minimum absolute atomic E-state index is 0.596. The maximum atomic E-state index is 11.4. The van der Waals surface area contributed by atoms with Gasteiger partial charge in [-0.05, 0) is 17.7 Å². The quantitative estimate of drug-likeness (QED) is 0.920. The molecule has 1 N–H and O–H groups in total. The molecule has 1 aliphatic heterocycles. The molecule has 20 heavy (non-hydrogen) atoms. The summed E-state index contributed by atoms with van der Waals surface area (Å²) in [5.74, 6) is 0.655. The zero-order valence-corrected chi connectivity index (χ0v) is 11.4. The molecule has 2 heterocycles. The van der Waals surface area contributed by atoms with E-state index in [0.29, 0.717) is 18.1 Å². The van der Waals surface area contributed by atoms with Crippen molar-refractivity contribution in [2.45, 2.75) is 5.60 Å². The van der Waals surface area contributed by atoms with E-state index in [2.05, 4.69) is 9.98 Å². The van der Waals surface area contributed by atoms with Crippen molar-refractivity contribution in [2.75, 3.05) is 20.1 Å². The first kappa shape index (κ1) is 12.8. The molecule has 102 valence electrons. The number of benzene rings is 1. The van der Waals surface area contributed by atoms with Crippen LogP contribution in [-0.4, -0.2) is 41.0 Å². The second kappa shape index (κ2) is 5.06. The summed E-state index contributed by atoms with van der Waals surface area (Å²) in [7, 11) is 1.95. The Labute approximate surface area is 118 Å². The highest BCUT2D eigenvalue weighted by molar-refractivity contribution is 5.95. The molecular formula is C16H17N3O. The van der Waals surface area contributed by atoms with Gasteiger partial charge in [0, 0.05) is 19.8 Å². The normalized spacial score (nSPS) is 17.7. The third kappa shape index (κ3) is 1.98. The highest BCUT2D eigenvalue weighted by Crippen LogP contribution is 2.32. The Kier molecular flexibility index (Phi) is 3.24. The van der Waals surface area contributed by atoms with Crippen LogP contribution in [0.3, 0.4) is 0 Å². The average Bonchev–Trinajstić information content (AvgIpc) is 2.95. The molecule has 0 saturated heterocycles. The van der Waals surface area contributed by atoms with Crippen LogP contribution in [-0.2, 0) is 5.60 Å². The van der Waals surface area contributed by atoms with Crippen LogP contribution >= 0.6 is 0 Å². The van der Waals surface area contributed by atoms with Crippen molar-refractivity contribution in [2.24, 2.45) is 4.99 Å². The summed E-state index contributed by atoms with van der Waals surface area (Å²) < 4.78 is 0. The second-order valence-corrected chi connectivity index (χ2v) is 4.92. The van der Waals surface area contributed by atoms with Gasteiger partial charge in [-0.15, -0.1) is 0 Å². The SMILES string of the molecule is CN1CCN=C1C(O)(c1ccccc1)c1ccccn1. The number of aromatic nitrogens is 1. The minimum atomic E-state index is -1.30. The molecule has 0 saturated carbocycles. The molecule has 0 radical (unpaired) electrons. The van der Waals surface area contributed by atoms with E-state index in [0.717, 1.165) is 12.1 Å². The smallest absolute Gasteiger partial charge is 0.189 e. The Hall–Kier alpha value is -2.20. The molecule has 3 rings (SSSR count). The third-order valence-corrected chi connectivity index (χ3v) is 3.61. The van der Waals surface area contributed by atoms with Gasteiger partial charge < -0.3 is 10.0 Å². The van der Waals surface area contributed by atoms with E-state index in [1.807, 2.05) is 60.5 Å². The van der Waals surface area contributed by atoms with E-state index in [-0.39, 0.29) is 0 Å². The van der Waals surface area contributed by atoms with Crippen molar-refractivity contribution in [3.63, 3.8) is 0 Å². The molecule has 4 heteroatoms. The molecule has 0 amide bonds. The molecule has 1 aromatic carbocycles. The number of amidine groups is 1. The standard InChI is InChI=1S/C16H17N3O/c1-19-12-11-18-15(19)16(20,13-7-3-2-4-8-13)14-9-5-6-10-17-14/h2-10,20H,11-12H2,1H3. The summed E-state index contributed by atoms with van der Waals surface area (Å²) in [6.07, 6.45) is 1.69. The lowest BCUT2D eigenvalue weighted by molar-refractivity contribution is 0.138. The zero-order valence-electron chi connectivity index (χ0n) is 11.4. The number of hydrogen-bond donors (Lipinski definition) is 1. The number of aliphatic imine (C=N–C) groups is 1. The molecule has 0 bridgehead atoms. The highest BCUT2D eigenvalue weighted by Gasteiger charge is 2.42. The van der Waals surface area contributed by atoms with Crippen LogP contribution in [0.2, 0.25) is 0 Å². The second-order valence-electron chi connectivity index (χ2n) is 4.92. The molecule has 1 unspecified atom stereocenters. The van der Waals surface area contributed by atoms with Crippen molar-refractivity contribution in [1.82, 2.24) is 9.88 Å². The molecule has 4 nitrogen and oxygen atoms in total. The third-order valence-electron chi connectivity index (χ3n) is 3.61. The predicted molar refractivity (Wildman–Crippen MR) is 78.6 cm³/mol. The Morgan fingerprint density at radius 1 is 1.10 bits per heavy atom. The summed E-state index contributed by atoms with van der Waals surface area (Å²) in [4.78, 5) is 10.8. The van der Waals surface area contributed by atoms with Gasteiger partial charge in [-0.25, -0.2) is 0 Å². The topological polar surface area (TPSA) is 48.7 Å². The van der Waals surface area contributed by atoms with E-state index in [9.17, 15) is 5.11 Å². The summed E-state index contributed by atoms with van der Waals surface area (Å²) in [6.45, 7) is 1.52. The van der Waals surface area contributed by atoms with Crippen LogP contribution in [0.5, 0.6) is 0 Å². The van der Waals surface area contributed by atoms with Gasteiger partial charge in [0.25, 0.3) is 0 Å². The highest BCUT2D eigenvalue weighted by atomic mass is 16.3. The number of nitrogens with zero attached hydrogens (tertiary/aromatic N) is 3. The van der Waals surface area contributed by atoms with Gasteiger partial charge in [-0.2, -0.15) is 0 Å². The lowest BCUT2D eigenvalue weighted by Crippen LogP contribution is -2.44. The van der Waals surface area contributed by atoms with Crippen LogP contribution < -0.4 is 0 Å². The van der Waals surface area contributed by atoms with Gasteiger partial charge in [0.05, 0.1) is 12.2 Å². The van der Waals surface area contributed by atoms with Crippen molar-refractivity contribution in [1.29, 1.82) is 0 Å². The number of likely N-dealkylation sites (N-methyl/N-ethyl adjacent to an activating group) is 1. The number of rotatable bonds is 3. The molecule has 1 atom stereocenters. The molecule has 0 fully saturated rings. The van der Waals surface area contributed by atoms with E-state index in [1.165, 1.54) is 0 Å². The predicted octanol–water partition coefficient (Wildman–Crippen LogP) is 1.66. The van der Waals surface area contributed by atoms with Gasteiger partial charge in [0.15, 0.2) is 5.60 Å². The summed E-state index contributed by atoms with van der Waals surface area (Å²) in [6, 6.07) is 15.1. The lowest BCUT2D eigenvalue weighted by atomic mass is 9.88. The minimum Gasteiger partial charge on any atom is -0.372 e. The van der Waals surface area contributed by atoms with Crippen molar-refractivity contribution < 1.29 is 5.11 Å². The monoisotopic (exact) mass is 267 g/mol. The van der Waals surface area contributed by atoms with Gasteiger partial charge in [0.2, 0.25) is 0 Å². The van der Waals surface area contributed by atoms with Gasteiger partial charge in [-0.3, -0.25) is 9.98 Å². The Balaban J connectivity index is 2.18. The first-order chi connectivity index (χ1) is 9.73. The first-order valence-electron chi connectivity index (χ1n) is 6.68. The van der Waals surface area contributed by atoms with E-state index in [4.69, 9.17) is 0 Å². The van der Waals surface area contributed by atoms with E-state index in [1.54, 1.807) is 6.20 Å². The Morgan fingerprint density at radius 2 is 1.85 bits per heavy atom. The van der Waals surface area contributed by atoms with Crippen molar-refractivity contribution in [3.8, 4) is 0 Å². The summed E-state index contributed by atoms with van der Waals surface area (Å²) in [5, 5.41) is 11.4. The van der Waals surface area contributed by atoms with E-state index < -0.39 is 5.60 Å². The largest absolute Gasteiger partial charge is 0.372 e. The Bertz CT molecular complexity index is 571. The number of hydrogen-bond acceptors (Lipinski definition) is 4.